The zero-order valence-corrected chi connectivity index (χ0v) is 24.9. The Hall–Kier alpha value is -2.18. The Bertz CT molecular complexity index is 1190. The van der Waals surface area contributed by atoms with Gasteiger partial charge in [-0.15, -0.1) is 0 Å². The molecule has 2 aromatic rings. The molecular formula is C33H42O9. The van der Waals surface area contributed by atoms with E-state index in [0.717, 1.165) is 11.1 Å². The van der Waals surface area contributed by atoms with Crippen LogP contribution in [0.4, 0.5) is 0 Å². The van der Waals surface area contributed by atoms with Gasteiger partial charge >= 0.3 is 0 Å². The smallest absolute Gasteiger partial charge is 0.178 e. The van der Waals surface area contributed by atoms with Gasteiger partial charge in [-0.3, -0.25) is 0 Å². The van der Waals surface area contributed by atoms with Gasteiger partial charge in [-0.1, -0.05) is 66.7 Å². The van der Waals surface area contributed by atoms with Gasteiger partial charge in [0.15, 0.2) is 17.9 Å². The van der Waals surface area contributed by atoms with Crippen LogP contribution in [0.25, 0.3) is 0 Å². The fourth-order valence-corrected chi connectivity index (χ4v) is 6.23. The Morgan fingerprint density at radius 1 is 0.667 bits per heavy atom. The molecule has 0 N–H and O–H groups in total. The van der Waals surface area contributed by atoms with Gasteiger partial charge in [0.05, 0.1) is 19.8 Å². The molecule has 3 heterocycles. The third kappa shape index (κ3) is 6.65. The number of hydrogen-bond acceptors (Lipinski definition) is 9. The lowest BCUT2D eigenvalue weighted by atomic mass is 9.84. The summed E-state index contributed by atoms with van der Waals surface area (Å²) in [5.41, 5.74) is 2.17. The highest BCUT2D eigenvalue weighted by atomic mass is 16.8. The first kappa shape index (κ1) is 29.9. The van der Waals surface area contributed by atoms with E-state index in [4.69, 9.17) is 42.6 Å². The Labute approximate surface area is 247 Å². The first-order chi connectivity index (χ1) is 20.2. The standard InChI is InChI=1S/C33H42O9/c1-32(2)39-28-26(34-5)27(29-31(30(28)41-32)42-33(3,4)40-29)38-25-17-16-23(36-19-22-14-10-7-11-15-22)24(37-25)20-35-18-21-12-8-6-9-13-21/h6-17,23-31H,18-20H2,1-5H3/t23-,24+,25+,26-,27-,28+,29+,30+,31+/m0/s1. The summed E-state index contributed by atoms with van der Waals surface area (Å²) in [7, 11) is 1.65. The number of ether oxygens (including phenoxy) is 9. The van der Waals surface area contributed by atoms with Crippen molar-refractivity contribution in [1.29, 1.82) is 0 Å². The molecule has 9 atom stereocenters. The van der Waals surface area contributed by atoms with Crippen LogP contribution >= 0.6 is 0 Å². The van der Waals surface area contributed by atoms with Crippen molar-refractivity contribution in [3.63, 3.8) is 0 Å². The summed E-state index contributed by atoms with van der Waals surface area (Å²) in [6.45, 7) is 8.83. The molecule has 3 aliphatic heterocycles. The van der Waals surface area contributed by atoms with E-state index in [1.807, 2.05) is 101 Å². The van der Waals surface area contributed by atoms with E-state index in [0.29, 0.717) is 19.8 Å². The van der Waals surface area contributed by atoms with Crippen molar-refractivity contribution in [3.8, 4) is 0 Å². The fourth-order valence-electron chi connectivity index (χ4n) is 6.23. The van der Waals surface area contributed by atoms with E-state index in [-0.39, 0.29) is 18.3 Å². The zero-order valence-electron chi connectivity index (χ0n) is 24.9. The summed E-state index contributed by atoms with van der Waals surface area (Å²) in [5, 5.41) is 0. The maximum atomic E-state index is 6.64. The lowest BCUT2D eigenvalue weighted by Crippen LogP contribution is -2.63. The van der Waals surface area contributed by atoms with Gasteiger partial charge < -0.3 is 42.6 Å². The second kappa shape index (κ2) is 12.4. The van der Waals surface area contributed by atoms with E-state index >= 15 is 0 Å². The van der Waals surface area contributed by atoms with Crippen molar-refractivity contribution in [2.75, 3.05) is 13.7 Å². The number of benzene rings is 2. The fraction of sp³-hybridized carbons (Fsp3) is 0.576. The molecule has 4 aliphatic rings. The van der Waals surface area contributed by atoms with Crippen LogP contribution in [-0.4, -0.2) is 80.4 Å². The second-order valence-corrected chi connectivity index (χ2v) is 12.1. The molecule has 9 nitrogen and oxygen atoms in total. The predicted molar refractivity (Wildman–Crippen MR) is 152 cm³/mol. The van der Waals surface area contributed by atoms with Crippen LogP contribution in [0.3, 0.4) is 0 Å². The third-order valence-corrected chi connectivity index (χ3v) is 8.00. The Balaban J connectivity index is 1.18. The quantitative estimate of drug-likeness (QED) is 0.376. The molecule has 0 bridgehead atoms. The average Bonchev–Trinajstić information content (AvgIpc) is 3.48. The van der Waals surface area contributed by atoms with Gasteiger partial charge in [0.25, 0.3) is 0 Å². The minimum Gasteiger partial charge on any atom is -0.376 e. The molecule has 0 radical (unpaired) electrons. The summed E-state index contributed by atoms with van der Waals surface area (Å²) in [6, 6.07) is 20.1. The normalized spacial score (nSPS) is 36.5. The van der Waals surface area contributed by atoms with Crippen LogP contribution in [-0.2, 0) is 55.8 Å². The van der Waals surface area contributed by atoms with Crippen LogP contribution in [0.2, 0.25) is 0 Å². The van der Waals surface area contributed by atoms with Gasteiger partial charge in [-0.25, -0.2) is 0 Å². The van der Waals surface area contributed by atoms with E-state index < -0.39 is 48.4 Å². The van der Waals surface area contributed by atoms with Crippen LogP contribution in [0, 0.1) is 0 Å². The lowest BCUT2D eigenvalue weighted by Gasteiger charge is -2.44. The molecule has 0 amide bonds. The van der Waals surface area contributed by atoms with Crippen molar-refractivity contribution < 1.29 is 42.6 Å². The minimum atomic E-state index is -0.812. The van der Waals surface area contributed by atoms with Gasteiger partial charge in [0.1, 0.15) is 48.8 Å². The molecule has 3 fully saturated rings. The van der Waals surface area contributed by atoms with E-state index in [2.05, 4.69) is 0 Å². The molecule has 6 rings (SSSR count). The summed E-state index contributed by atoms with van der Waals surface area (Å²) in [6.07, 6.45) is -0.112. The number of fused-ring (bicyclic) bond motifs is 3. The predicted octanol–water partition coefficient (Wildman–Crippen LogP) is 4.52. The molecule has 1 saturated carbocycles. The molecule has 1 aliphatic carbocycles. The van der Waals surface area contributed by atoms with Crippen molar-refractivity contribution in [1.82, 2.24) is 0 Å². The molecule has 42 heavy (non-hydrogen) atoms. The molecule has 9 heteroatoms. The van der Waals surface area contributed by atoms with Crippen molar-refractivity contribution in [2.45, 2.75) is 108 Å². The van der Waals surface area contributed by atoms with Crippen molar-refractivity contribution >= 4 is 0 Å². The molecule has 0 aromatic heterocycles. The van der Waals surface area contributed by atoms with Gasteiger partial charge in [0.2, 0.25) is 0 Å². The maximum absolute atomic E-state index is 6.64. The number of rotatable bonds is 10. The molecular weight excluding hydrogens is 540 g/mol. The van der Waals surface area contributed by atoms with E-state index in [1.165, 1.54) is 0 Å². The topological polar surface area (TPSA) is 83.1 Å². The van der Waals surface area contributed by atoms with Crippen molar-refractivity contribution in [2.24, 2.45) is 0 Å². The largest absolute Gasteiger partial charge is 0.376 e. The summed E-state index contributed by atoms with van der Waals surface area (Å²) in [4.78, 5) is 0. The number of methoxy groups -OCH3 is 1. The monoisotopic (exact) mass is 582 g/mol. The molecule has 2 aromatic carbocycles. The van der Waals surface area contributed by atoms with Crippen molar-refractivity contribution in [3.05, 3.63) is 83.9 Å². The maximum Gasteiger partial charge on any atom is 0.178 e. The number of hydrogen-bond donors (Lipinski definition) is 0. The molecule has 2 saturated heterocycles. The summed E-state index contributed by atoms with van der Waals surface area (Å²) >= 11 is 0. The Kier molecular flexibility index (Phi) is 8.85. The minimum absolute atomic E-state index is 0.320. The van der Waals surface area contributed by atoms with Crippen LogP contribution in [0.1, 0.15) is 38.8 Å². The van der Waals surface area contributed by atoms with E-state index in [9.17, 15) is 0 Å². The van der Waals surface area contributed by atoms with Crippen LogP contribution < -0.4 is 0 Å². The van der Waals surface area contributed by atoms with Crippen LogP contribution in [0.5, 0.6) is 0 Å². The first-order valence-corrected chi connectivity index (χ1v) is 14.7. The second-order valence-electron chi connectivity index (χ2n) is 12.1. The van der Waals surface area contributed by atoms with E-state index in [1.54, 1.807) is 7.11 Å². The van der Waals surface area contributed by atoms with Gasteiger partial charge in [0, 0.05) is 7.11 Å². The third-order valence-electron chi connectivity index (χ3n) is 8.00. The average molecular weight is 583 g/mol. The van der Waals surface area contributed by atoms with Crippen LogP contribution in [0.15, 0.2) is 72.8 Å². The molecule has 0 spiro atoms. The SMILES string of the molecule is CO[C@H]1[C@H](O[C@@H]2C=C[C@H](OCc3ccccc3)[C@@H](COCc3ccccc3)O2)[C@H]2OC(C)(C)O[C@H]2[C@@H]2OC(C)(C)O[C@H]12. The Morgan fingerprint density at radius 2 is 1.21 bits per heavy atom. The van der Waals surface area contributed by atoms with Gasteiger partial charge in [-0.2, -0.15) is 0 Å². The Morgan fingerprint density at radius 3 is 1.81 bits per heavy atom. The first-order valence-electron chi connectivity index (χ1n) is 14.7. The van der Waals surface area contributed by atoms with Gasteiger partial charge in [-0.05, 0) is 44.9 Å². The molecule has 228 valence electrons. The lowest BCUT2D eigenvalue weighted by molar-refractivity contribution is -0.263. The summed E-state index contributed by atoms with van der Waals surface area (Å²) in [5.74, 6) is -1.60. The highest BCUT2D eigenvalue weighted by Crippen LogP contribution is 2.46. The zero-order chi connectivity index (χ0) is 29.3. The highest BCUT2D eigenvalue weighted by Gasteiger charge is 2.64. The molecule has 0 unspecified atom stereocenters. The summed E-state index contributed by atoms with van der Waals surface area (Å²) < 4.78 is 56.8. The highest BCUT2D eigenvalue weighted by molar-refractivity contribution is 5.15.